The summed E-state index contributed by atoms with van der Waals surface area (Å²) in [6.07, 6.45) is 0. The fraction of sp³-hybridized carbons (Fsp3) is 0.0952. The lowest BCUT2D eigenvalue weighted by Crippen LogP contribution is -2.53. The Kier molecular flexibility index (Phi) is 3.76. The van der Waals surface area contributed by atoms with E-state index in [1.54, 1.807) is 6.07 Å². The molecule has 126 valence electrons. The predicted molar refractivity (Wildman–Crippen MR) is 103 cm³/mol. The topological polar surface area (TPSA) is 58.5 Å². The van der Waals surface area contributed by atoms with Crippen molar-refractivity contribution in [3.63, 3.8) is 0 Å². The summed E-state index contributed by atoms with van der Waals surface area (Å²) in [7, 11) is 0. The van der Waals surface area contributed by atoms with E-state index < -0.39 is 17.4 Å². The van der Waals surface area contributed by atoms with Crippen LogP contribution in [0.15, 0.2) is 65.7 Å². The van der Waals surface area contributed by atoms with E-state index in [2.05, 4.69) is 15.5 Å². The van der Waals surface area contributed by atoms with Crippen LogP contribution in [0.3, 0.4) is 0 Å². The number of carbonyl (C=O) groups excluding carboxylic acids is 2. The second kappa shape index (κ2) is 5.99. The fourth-order valence-corrected chi connectivity index (χ4v) is 3.79. The Hall–Kier alpha value is -3.14. The van der Waals surface area contributed by atoms with E-state index in [0.29, 0.717) is 11.1 Å². The summed E-state index contributed by atoms with van der Waals surface area (Å²) in [5.41, 5.74) is 1.37. The highest BCUT2D eigenvalue weighted by Crippen LogP contribution is 2.41. The van der Waals surface area contributed by atoms with Crippen molar-refractivity contribution >= 4 is 39.8 Å². The molecule has 4 nitrogen and oxygen atoms in total. The van der Waals surface area contributed by atoms with Gasteiger partial charge in [0.1, 0.15) is 0 Å². The van der Waals surface area contributed by atoms with Gasteiger partial charge in [-0.25, -0.2) is 0 Å². The molecule has 4 rings (SSSR count). The van der Waals surface area contributed by atoms with Crippen molar-refractivity contribution in [3.05, 3.63) is 82.9 Å². The largest absolute Gasteiger partial charge is 0.317 e. The van der Waals surface area contributed by atoms with Gasteiger partial charge < -0.3 is 5.32 Å². The minimum atomic E-state index is -1.28. The first-order valence-electron chi connectivity index (χ1n) is 8.12. The minimum absolute atomic E-state index is 0.338. The molecule has 3 aromatic carbocycles. The Balaban J connectivity index is 2.22. The minimum Gasteiger partial charge on any atom is -0.317 e. The lowest BCUT2D eigenvalue weighted by Gasteiger charge is -2.37. The molecule has 0 aromatic heterocycles. The van der Waals surface area contributed by atoms with E-state index in [-0.39, 0.29) is 0 Å². The molecule has 0 saturated carbocycles. The van der Waals surface area contributed by atoms with Crippen molar-refractivity contribution in [3.8, 4) is 0 Å². The van der Waals surface area contributed by atoms with E-state index in [1.165, 1.54) is 0 Å². The van der Waals surface area contributed by atoms with E-state index >= 15 is 0 Å². The molecule has 3 aromatic rings. The first-order chi connectivity index (χ1) is 12.6. The van der Waals surface area contributed by atoms with Crippen LogP contribution in [0.4, 0.5) is 0 Å². The highest BCUT2D eigenvalue weighted by Gasteiger charge is 2.46. The van der Waals surface area contributed by atoms with Gasteiger partial charge in [-0.2, -0.15) is 4.99 Å². The van der Waals surface area contributed by atoms with Crippen molar-refractivity contribution < 1.29 is 9.59 Å². The Morgan fingerprint density at radius 3 is 2.50 bits per heavy atom. The number of rotatable bonds is 2. The van der Waals surface area contributed by atoms with E-state index in [0.717, 1.165) is 21.9 Å². The molecule has 26 heavy (non-hydrogen) atoms. The molecule has 0 saturated heterocycles. The number of hydrogen-bond donors (Lipinski definition) is 1. The fourth-order valence-electron chi connectivity index (χ4n) is 3.65. The van der Waals surface area contributed by atoms with Crippen molar-refractivity contribution in [2.24, 2.45) is 4.99 Å². The van der Waals surface area contributed by atoms with Gasteiger partial charge in [-0.05, 0) is 41.5 Å². The van der Waals surface area contributed by atoms with Crippen molar-refractivity contribution in [2.75, 3.05) is 0 Å². The number of Topliss-reactive ketones (excluding diaryl/α,β-unsaturated/α-hetero) is 1. The molecule has 0 spiro atoms. The number of carbonyl (C=O) groups is 2. The van der Waals surface area contributed by atoms with Crippen molar-refractivity contribution in [1.82, 2.24) is 5.32 Å². The van der Waals surface area contributed by atoms with Crippen LogP contribution in [0.5, 0.6) is 0 Å². The standard InChI is InChI=1S/C21H14N2O2S/c1-13-6-2-5-9-17(13)21(22-12-26)18-15-8-4-3-7-14(15)10-11-16(18)19(24)20(25)23-21/h2-11H,1H3,(H,23,25). The first kappa shape index (κ1) is 16.3. The summed E-state index contributed by atoms with van der Waals surface area (Å²) in [4.78, 5) is 29.5. The van der Waals surface area contributed by atoms with E-state index in [1.807, 2.05) is 61.5 Å². The zero-order chi connectivity index (χ0) is 18.3. The lowest BCUT2D eigenvalue weighted by molar-refractivity contribution is -0.118. The van der Waals surface area contributed by atoms with Gasteiger partial charge in [0.2, 0.25) is 0 Å². The summed E-state index contributed by atoms with van der Waals surface area (Å²) in [6.45, 7) is 1.93. The maximum atomic E-state index is 12.6. The van der Waals surface area contributed by atoms with Crippen LogP contribution in [0.1, 0.15) is 27.0 Å². The summed E-state index contributed by atoms with van der Waals surface area (Å²) in [6, 6.07) is 18.8. The zero-order valence-electron chi connectivity index (χ0n) is 13.9. The lowest BCUT2D eigenvalue weighted by atomic mass is 9.79. The first-order valence-corrected chi connectivity index (χ1v) is 8.53. The number of aliphatic imine (C=N–C) groups is 1. The molecule has 0 bridgehead atoms. The van der Waals surface area contributed by atoms with Gasteiger partial charge >= 0.3 is 0 Å². The van der Waals surface area contributed by atoms with Crippen LogP contribution >= 0.6 is 12.2 Å². The Morgan fingerprint density at radius 2 is 1.73 bits per heavy atom. The molecule has 1 N–H and O–H groups in total. The Labute approximate surface area is 155 Å². The van der Waals surface area contributed by atoms with Crippen LogP contribution in [0.2, 0.25) is 0 Å². The normalized spacial score (nSPS) is 18.8. The number of aryl methyl sites for hydroxylation is 1. The van der Waals surface area contributed by atoms with E-state index in [4.69, 9.17) is 12.2 Å². The number of benzene rings is 3. The summed E-state index contributed by atoms with van der Waals surface area (Å²) >= 11 is 4.91. The second-order valence-electron chi connectivity index (χ2n) is 6.22. The molecule has 5 heteroatoms. The number of hydrogen-bond acceptors (Lipinski definition) is 4. The van der Waals surface area contributed by atoms with Crippen LogP contribution in [-0.2, 0) is 10.5 Å². The molecule has 1 aliphatic rings. The number of isothiocyanates is 1. The highest BCUT2D eigenvalue weighted by atomic mass is 32.1. The molecule has 1 unspecified atom stereocenters. The predicted octanol–water partition coefficient (Wildman–Crippen LogP) is 3.76. The number of thiocarbonyl (C=S) groups is 1. The molecule has 1 aliphatic heterocycles. The maximum absolute atomic E-state index is 12.6. The van der Waals surface area contributed by atoms with E-state index in [9.17, 15) is 9.59 Å². The van der Waals surface area contributed by atoms with Gasteiger partial charge in [-0.1, -0.05) is 54.6 Å². The molecular formula is C21H14N2O2S. The van der Waals surface area contributed by atoms with Crippen LogP contribution in [-0.4, -0.2) is 16.9 Å². The number of amides is 1. The maximum Gasteiger partial charge on any atom is 0.294 e. The third kappa shape index (κ3) is 2.22. The Bertz CT molecular complexity index is 1130. The average Bonchev–Trinajstić information content (AvgIpc) is 2.65. The molecule has 1 heterocycles. The molecule has 0 aliphatic carbocycles. The summed E-state index contributed by atoms with van der Waals surface area (Å²) in [5, 5.41) is 7.02. The SMILES string of the molecule is Cc1ccccc1C1(N=C=S)NC(=O)C(=O)c2ccc3ccccc3c21. The van der Waals surface area contributed by atoms with Crippen LogP contribution < -0.4 is 5.32 Å². The smallest absolute Gasteiger partial charge is 0.294 e. The van der Waals surface area contributed by atoms with Gasteiger partial charge in [0.25, 0.3) is 11.7 Å². The van der Waals surface area contributed by atoms with Crippen molar-refractivity contribution in [2.45, 2.75) is 12.6 Å². The number of nitrogens with zero attached hydrogens (tertiary/aromatic N) is 1. The average molecular weight is 358 g/mol. The van der Waals surface area contributed by atoms with Gasteiger partial charge in [-0.3, -0.25) is 9.59 Å². The third-order valence-electron chi connectivity index (χ3n) is 4.78. The number of nitrogens with one attached hydrogen (secondary N) is 1. The molecule has 0 fully saturated rings. The molecule has 1 amide bonds. The van der Waals surface area contributed by atoms with Gasteiger partial charge in [0.15, 0.2) is 5.66 Å². The van der Waals surface area contributed by atoms with Gasteiger partial charge in [0.05, 0.1) is 5.16 Å². The summed E-state index contributed by atoms with van der Waals surface area (Å²) in [5.74, 6) is -1.28. The van der Waals surface area contributed by atoms with Gasteiger partial charge in [0, 0.05) is 16.7 Å². The summed E-state index contributed by atoms with van der Waals surface area (Å²) < 4.78 is 0. The molecular weight excluding hydrogens is 344 g/mol. The van der Waals surface area contributed by atoms with Crippen LogP contribution in [0, 0.1) is 6.92 Å². The van der Waals surface area contributed by atoms with Crippen molar-refractivity contribution in [1.29, 1.82) is 0 Å². The molecule has 0 radical (unpaired) electrons. The third-order valence-corrected chi connectivity index (χ3v) is 4.88. The number of fused-ring (bicyclic) bond motifs is 3. The highest BCUT2D eigenvalue weighted by molar-refractivity contribution is 7.78. The Morgan fingerprint density at radius 1 is 1.00 bits per heavy atom. The van der Waals surface area contributed by atoms with Gasteiger partial charge in [-0.15, -0.1) is 0 Å². The molecule has 1 atom stereocenters. The zero-order valence-corrected chi connectivity index (χ0v) is 14.8. The van der Waals surface area contributed by atoms with Crippen LogP contribution in [0.25, 0.3) is 10.8 Å². The number of ketones is 1. The quantitative estimate of drug-likeness (QED) is 0.431. The monoisotopic (exact) mass is 358 g/mol. The second-order valence-corrected chi connectivity index (χ2v) is 6.40.